The van der Waals surface area contributed by atoms with Crippen LogP contribution >= 0.6 is 0 Å². The average molecular weight is 243 g/mol. The minimum atomic E-state index is -0.599. The van der Waals surface area contributed by atoms with Gasteiger partial charge in [-0.25, -0.2) is 0 Å². The molecule has 18 heavy (non-hydrogen) atoms. The van der Waals surface area contributed by atoms with Gasteiger partial charge in [0.15, 0.2) is 0 Å². The van der Waals surface area contributed by atoms with Crippen molar-refractivity contribution in [2.24, 2.45) is 0 Å². The highest BCUT2D eigenvalue weighted by Crippen LogP contribution is 2.32. The lowest BCUT2D eigenvalue weighted by molar-refractivity contribution is 0.129. The Bertz CT molecular complexity index is 522. The Hall–Kier alpha value is -1.74. The first-order valence-electron chi connectivity index (χ1n) is 6.39. The normalized spacial score (nSPS) is 19.3. The van der Waals surface area contributed by atoms with Crippen LogP contribution in [0.1, 0.15) is 30.1 Å². The summed E-state index contributed by atoms with van der Waals surface area (Å²) in [5.41, 5.74) is 2.37. The highest BCUT2D eigenvalue weighted by molar-refractivity contribution is 5.57. The summed E-state index contributed by atoms with van der Waals surface area (Å²) in [5, 5.41) is 13.7. The molecule has 0 spiro atoms. The predicted molar refractivity (Wildman–Crippen MR) is 70.6 cm³/mol. The molecule has 1 aliphatic heterocycles. The van der Waals surface area contributed by atoms with E-state index < -0.39 is 6.10 Å². The van der Waals surface area contributed by atoms with Crippen LogP contribution in [0.2, 0.25) is 0 Å². The Morgan fingerprint density at radius 1 is 1.33 bits per heavy atom. The highest BCUT2D eigenvalue weighted by Gasteiger charge is 2.29. The number of rotatable bonds is 3. The third-order valence-corrected chi connectivity index (χ3v) is 3.50. The van der Waals surface area contributed by atoms with Gasteiger partial charge in [-0.3, -0.25) is 0 Å². The first-order chi connectivity index (χ1) is 8.78. The van der Waals surface area contributed by atoms with Crippen LogP contribution in [0.3, 0.4) is 0 Å². The maximum atomic E-state index is 10.3. The van der Waals surface area contributed by atoms with Gasteiger partial charge in [-0.1, -0.05) is 25.1 Å². The van der Waals surface area contributed by atoms with Crippen LogP contribution in [0.15, 0.2) is 40.8 Å². The van der Waals surface area contributed by atoms with E-state index in [4.69, 9.17) is 4.42 Å². The number of fused-ring (bicyclic) bond motifs is 1. The number of para-hydroxylation sites is 1. The van der Waals surface area contributed by atoms with E-state index in [0.717, 1.165) is 24.3 Å². The van der Waals surface area contributed by atoms with E-state index in [1.165, 1.54) is 5.56 Å². The molecule has 2 heterocycles. The fourth-order valence-electron chi connectivity index (χ4n) is 2.46. The first kappa shape index (κ1) is 11.4. The van der Waals surface area contributed by atoms with Crippen LogP contribution in [0, 0.1) is 0 Å². The van der Waals surface area contributed by atoms with Gasteiger partial charge in [0, 0.05) is 12.1 Å². The lowest BCUT2D eigenvalue weighted by Crippen LogP contribution is -2.24. The molecule has 3 nitrogen and oxygen atoms in total. The summed E-state index contributed by atoms with van der Waals surface area (Å²) in [7, 11) is 0. The molecule has 0 radical (unpaired) electrons. The zero-order valence-corrected chi connectivity index (χ0v) is 10.4. The Morgan fingerprint density at radius 3 is 2.89 bits per heavy atom. The molecule has 2 N–H and O–H groups in total. The minimum Gasteiger partial charge on any atom is -0.463 e. The quantitative estimate of drug-likeness (QED) is 0.871. The minimum absolute atomic E-state index is 0.00161. The number of nitrogens with one attached hydrogen (secondary N) is 1. The molecule has 0 fully saturated rings. The summed E-state index contributed by atoms with van der Waals surface area (Å²) in [6.07, 6.45) is 1.09. The summed E-state index contributed by atoms with van der Waals surface area (Å²) < 4.78 is 5.62. The zero-order chi connectivity index (χ0) is 12.5. The third-order valence-electron chi connectivity index (χ3n) is 3.50. The van der Waals surface area contributed by atoms with Crippen molar-refractivity contribution in [3.8, 4) is 0 Å². The molecular weight excluding hydrogens is 226 g/mol. The zero-order valence-electron chi connectivity index (χ0n) is 10.4. The van der Waals surface area contributed by atoms with Crippen LogP contribution in [0.4, 0.5) is 5.69 Å². The van der Waals surface area contributed by atoms with Gasteiger partial charge in [-0.05, 0) is 30.2 Å². The molecule has 1 aliphatic rings. The Morgan fingerprint density at radius 2 is 2.17 bits per heavy atom. The second kappa shape index (κ2) is 4.50. The maximum Gasteiger partial charge on any atom is 0.134 e. The second-order valence-corrected chi connectivity index (χ2v) is 4.71. The molecule has 2 atom stereocenters. The summed E-state index contributed by atoms with van der Waals surface area (Å²) >= 11 is 0. The molecule has 94 valence electrons. The van der Waals surface area contributed by atoms with Gasteiger partial charge in [0.1, 0.15) is 17.6 Å². The summed E-state index contributed by atoms with van der Waals surface area (Å²) in [6, 6.07) is 12.0. The Balaban J connectivity index is 1.77. The standard InChI is InChI=1S/C15H17NO2/c1-2-11-7-8-14(18-11)15(17)13-9-10-5-3-4-6-12(10)16-13/h3-8,13,15-17H,2,9H2,1H3. The molecule has 3 heteroatoms. The van der Waals surface area contributed by atoms with Gasteiger partial charge in [-0.15, -0.1) is 0 Å². The summed E-state index contributed by atoms with van der Waals surface area (Å²) in [5.74, 6) is 1.57. The van der Waals surface area contributed by atoms with E-state index in [9.17, 15) is 5.11 Å². The number of aryl methyl sites for hydroxylation is 1. The summed E-state index contributed by atoms with van der Waals surface area (Å²) in [4.78, 5) is 0. The van der Waals surface area contributed by atoms with Gasteiger partial charge in [0.2, 0.25) is 0 Å². The highest BCUT2D eigenvalue weighted by atomic mass is 16.4. The molecule has 3 rings (SSSR count). The van der Waals surface area contributed by atoms with E-state index >= 15 is 0 Å². The van der Waals surface area contributed by atoms with E-state index in [1.807, 2.05) is 37.3 Å². The third kappa shape index (κ3) is 1.91. The lowest BCUT2D eigenvalue weighted by Gasteiger charge is -2.16. The molecule has 2 aromatic rings. The van der Waals surface area contributed by atoms with Crippen LogP contribution in [-0.4, -0.2) is 11.1 Å². The van der Waals surface area contributed by atoms with Crippen LogP contribution in [0.25, 0.3) is 0 Å². The van der Waals surface area contributed by atoms with E-state index in [1.54, 1.807) is 0 Å². The van der Waals surface area contributed by atoms with Gasteiger partial charge in [0.25, 0.3) is 0 Å². The van der Waals surface area contributed by atoms with Crippen molar-refractivity contribution in [1.82, 2.24) is 0 Å². The van der Waals surface area contributed by atoms with Crippen molar-refractivity contribution in [1.29, 1.82) is 0 Å². The van der Waals surface area contributed by atoms with Crippen molar-refractivity contribution in [2.45, 2.75) is 31.9 Å². The largest absolute Gasteiger partial charge is 0.463 e. The van der Waals surface area contributed by atoms with Crippen LogP contribution < -0.4 is 5.32 Å². The fraction of sp³-hybridized carbons (Fsp3) is 0.333. The van der Waals surface area contributed by atoms with E-state index in [-0.39, 0.29) is 6.04 Å². The van der Waals surface area contributed by atoms with E-state index in [0.29, 0.717) is 5.76 Å². The molecule has 0 aliphatic carbocycles. The topological polar surface area (TPSA) is 45.4 Å². The Kier molecular flexibility index (Phi) is 2.84. The number of aliphatic hydroxyl groups excluding tert-OH is 1. The molecular formula is C15H17NO2. The fourth-order valence-corrected chi connectivity index (χ4v) is 2.46. The number of furan rings is 1. The number of benzene rings is 1. The van der Waals surface area contributed by atoms with Crippen molar-refractivity contribution in [3.63, 3.8) is 0 Å². The van der Waals surface area contributed by atoms with Gasteiger partial charge in [0.05, 0.1) is 6.04 Å². The molecule has 2 unspecified atom stereocenters. The first-order valence-corrected chi connectivity index (χ1v) is 6.39. The van der Waals surface area contributed by atoms with Gasteiger partial charge in [-0.2, -0.15) is 0 Å². The number of hydrogen-bond donors (Lipinski definition) is 2. The molecule has 1 aromatic carbocycles. The maximum absolute atomic E-state index is 10.3. The van der Waals surface area contributed by atoms with Crippen molar-refractivity contribution in [2.75, 3.05) is 5.32 Å². The lowest BCUT2D eigenvalue weighted by atomic mass is 10.0. The monoisotopic (exact) mass is 243 g/mol. The molecule has 0 saturated carbocycles. The van der Waals surface area contributed by atoms with Gasteiger partial charge < -0.3 is 14.8 Å². The number of hydrogen-bond acceptors (Lipinski definition) is 3. The van der Waals surface area contributed by atoms with Gasteiger partial charge >= 0.3 is 0 Å². The second-order valence-electron chi connectivity index (χ2n) is 4.71. The SMILES string of the molecule is CCc1ccc(C(O)C2Cc3ccccc3N2)o1. The van der Waals surface area contributed by atoms with Crippen molar-refractivity contribution in [3.05, 3.63) is 53.5 Å². The number of aliphatic hydroxyl groups is 1. The van der Waals surface area contributed by atoms with Crippen LogP contribution in [0.5, 0.6) is 0 Å². The Labute approximate surface area is 106 Å². The van der Waals surface area contributed by atoms with Crippen molar-refractivity contribution >= 4 is 5.69 Å². The molecule has 1 aromatic heterocycles. The number of anilines is 1. The predicted octanol–water partition coefficient (Wildman–Crippen LogP) is 2.91. The molecule has 0 bridgehead atoms. The van der Waals surface area contributed by atoms with Crippen molar-refractivity contribution < 1.29 is 9.52 Å². The van der Waals surface area contributed by atoms with Crippen LogP contribution in [-0.2, 0) is 12.8 Å². The smallest absolute Gasteiger partial charge is 0.134 e. The summed E-state index contributed by atoms with van der Waals surface area (Å²) in [6.45, 7) is 2.04. The molecule has 0 amide bonds. The van der Waals surface area contributed by atoms with E-state index in [2.05, 4.69) is 11.4 Å². The average Bonchev–Trinajstić information content (AvgIpc) is 3.04. The molecule has 0 saturated heterocycles.